The molecule has 170 valence electrons. The van der Waals surface area contributed by atoms with Crippen LogP contribution in [0.1, 0.15) is 41.5 Å². The number of nitrogens with zero attached hydrogens (tertiary/aromatic N) is 1. The zero-order chi connectivity index (χ0) is 22.8. The Morgan fingerprint density at radius 2 is 1.62 bits per heavy atom. The molecule has 0 radical (unpaired) electrons. The molecule has 1 atom stereocenters. The Balaban J connectivity index is 1.66. The van der Waals surface area contributed by atoms with E-state index in [2.05, 4.69) is 17.6 Å². The maximum Gasteiger partial charge on any atom is 0.315 e. The molecule has 32 heavy (non-hydrogen) atoms. The van der Waals surface area contributed by atoms with Crippen molar-refractivity contribution in [2.75, 3.05) is 0 Å². The molecule has 0 saturated heterocycles. The van der Waals surface area contributed by atoms with Gasteiger partial charge in [0, 0.05) is 16.3 Å². The topological polar surface area (TPSA) is 81.7 Å². The van der Waals surface area contributed by atoms with Crippen LogP contribution in [0.5, 0.6) is 5.75 Å². The predicted molar refractivity (Wildman–Crippen MR) is 130 cm³/mol. The molecule has 0 aliphatic rings. The summed E-state index contributed by atoms with van der Waals surface area (Å²) in [6.45, 7) is 3.43. The monoisotopic (exact) mass is 471 g/mol. The van der Waals surface area contributed by atoms with Crippen LogP contribution in [-0.2, 0) is 24.4 Å². The molecule has 0 saturated carbocycles. The van der Waals surface area contributed by atoms with Crippen LogP contribution in [0.15, 0.2) is 59.3 Å². The average molecular weight is 472 g/mol. The highest BCUT2D eigenvalue weighted by molar-refractivity contribution is 7.10. The SMILES string of the molecule is CCCC[C@H](NC(=O)NCc1ccc(O)cc1)C(=O)N(Cc1cccs1)Cc1cccs1. The molecule has 2 aromatic heterocycles. The third-order valence-corrected chi connectivity index (χ3v) is 6.73. The summed E-state index contributed by atoms with van der Waals surface area (Å²) in [4.78, 5) is 30.1. The van der Waals surface area contributed by atoms with Crippen molar-refractivity contribution >= 4 is 34.6 Å². The molecule has 1 aromatic carbocycles. The maximum absolute atomic E-state index is 13.5. The number of thiophene rings is 2. The van der Waals surface area contributed by atoms with Crippen molar-refractivity contribution in [3.05, 3.63) is 74.6 Å². The molecule has 0 aliphatic carbocycles. The molecule has 0 unspecified atom stereocenters. The Hall–Kier alpha value is -2.84. The summed E-state index contributed by atoms with van der Waals surface area (Å²) in [6, 6.07) is 13.7. The van der Waals surface area contributed by atoms with Crippen molar-refractivity contribution in [2.45, 2.75) is 51.9 Å². The van der Waals surface area contributed by atoms with E-state index in [9.17, 15) is 14.7 Å². The first kappa shape index (κ1) is 23.8. The van der Waals surface area contributed by atoms with Gasteiger partial charge in [-0.1, -0.05) is 44.0 Å². The van der Waals surface area contributed by atoms with Crippen LogP contribution in [0, 0.1) is 0 Å². The smallest absolute Gasteiger partial charge is 0.315 e. The number of nitrogens with one attached hydrogen (secondary N) is 2. The second kappa shape index (κ2) is 12.3. The van der Waals surface area contributed by atoms with Gasteiger partial charge in [0.2, 0.25) is 5.91 Å². The van der Waals surface area contributed by atoms with Gasteiger partial charge in [0.05, 0.1) is 13.1 Å². The lowest BCUT2D eigenvalue weighted by Crippen LogP contribution is -2.50. The number of urea groups is 1. The van der Waals surface area contributed by atoms with E-state index in [0.29, 0.717) is 26.1 Å². The number of amides is 3. The minimum atomic E-state index is -0.588. The maximum atomic E-state index is 13.5. The van der Waals surface area contributed by atoms with Gasteiger partial charge in [0.15, 0.2) is 0 Å². The summed E-state index contributed by atoms with van der Waals surface area (Å²) < 4.78 is 0. The van der Waals surface area contributed by atoms with E-state index in [1.165, 1.54) is 0 Å². The summed E-state index contributed by atoms with van der Waals surface area (Å²) in [6.07, 6.45) is 2.38. The van der Waals surface area contributed by atoms with Crippen LogP contribution in [0.4, 0.5) is 4.79 Å². The lowest BCUT2D eigenvalue weighted by atomic mass is 10.1. The van der Waals surface area contributed by atoms with Crippen LogP contribution < -0.4 is 10.6 Å². The van der Waals surface area contributed by atoms with E-state index in [-0.39, 0.29) is 17.7 Å². The fourth-order valence-corrected chi connectivity index (χ4v) is 4.72. The predicted octanol–water partition coefficient (Wildman–Crippen LogP) is 5.10. The number of carbonyl (C=O) groups excluding carboxylic acids is 2. The first-order valence-corrected chi connectivity index (χ1v) is 12.5. The quantitative estimate of drug-likeness (QED) is 0.364. The largest absolute Gasteiger partial charge is 0.508 e. The molecular formula is C24H29N3O3S2. The fourth-order valence-electron chi connectivity index (χ4n) is 3.28. The second-order valence-electron chi connectivity index (χ2n) is 7.54. The molecular weight excluding hydrogens is 442 g/mol. The highest BCUT2D eigenvalue weighted by Gasteiger charge is 2.26. The van der Waals surface area contributed by atoms with E-state index in [1.807, 2.05) is 39.9 Å². The summed E-state index contributed by atoms with van der Waals surface area (Å²) in [7, 11) is 0. The minimum Gasteiger partial charge on any atom is -0.508 e. The molecule has 3 aromatic rings. The Bertz CT molecular complexity index is 921. The van der Waals surface area contributed by atoms with Gasteiger partial charge in [-0.2, -0.15) is 0 Å². The molecule has 8 heteroatoms. The molecule has 3 rings (SSSR count). The summed E-state index contributed by atoms with van der Waals surface area (Å²) in [5.41, 5.74) is 0.867. The number of aromatic hydroxyl groups is 1. The lowest BCUT2D eigenvalue weighted by Gasteiger charge is -2.27. The number of benzene rings is 1. The van der Waals surface area contributed by atoms with Crippen molar-refractivity contribution in [3.8, 4) is 5.75 Å². The third kappa shape index (κ3) is 7.39. The molecule has 0 spiro atoms. The summed E-state index contributed by atoms with van der Waals surface area (Å²) in [5.74, 6) is 0.111. The minimum absolute atomic E-state index is 0.0694. The van der Waals surface area contributed by atoms with Crippen LogP contribution in [0.25, 0.3) is 0 Å². The molecule has 3 N–H and O–H groups in total. The number of hydrogen-bond acceptors (Lipinski definition) is 5. The lowest BCUT2D eigenvalue weighted by molar-refractivity contribution is -0.134. The molecule has 3 amide bonds. The second-order valence-corrected chi connectivity index (χ2v) is 9.61. The van der Waals surface area contributed by atoms with E-state index < -0.39 is 6.04 Å². The highest BCUT2D eigenvalue weighted by atomic mass is 32.1. The number of rotatable bonds is 11. The van der Waals surface area contributed by atoms with Gasteiger partial charge in [-0.25, -0.2) is 4.79 Å². The Morgan fingerprint density at radius 3 is 2.16 bits per heavy atom. The van der Waals surface area contributed by atoms with Crippen molar-refractivity contribution in [2.24, 2.45) is 0 Å². The first-order chi connectivity index (χ1) is 15.5. The number of unbranched alkanes of at least 4 members (excludes halogenated alkanes) is 1. The molecule has 0 aliphatic heterocycles. The number of carbonyl (C=O) groups is 2. The third-order valence-electron chi connectivity index (χ3n) is 5.00. The number of phenols is 1. The molecule has 2 heterocycles. The van der Waals surface area contributed by atoms with Gasteiger partial charge in [0.25, 0.3) is 0 Å². The first-order valence-electron chi connectivity index (χ1n) is 10.7. The molecule has 0 fully saturated rings. The number of phenolic OH excluding ortho intramolecular Hbond substituents is 1. The standard InChI is InChI=1S/C24H29N3O3S2/c1-2-3-8-22(26-24(30)25-15-18-9-11-19(28)12-10-18)23(29)27(16-20-6-4-13-31-20)17-21-7-5-14-32-21/h4-7,9-14,22,28H,2-3,8,15-17H2,1H3,(H2,25,26,30)/t22-/m0/s1. The van der Waals surface area contributed by atoms with Crippen molar-refractivity contribution in [3.63, 3.8) is 0 Å². The van der Waals surface area contributed by atoms with Crippen LogP contribution in [-0.4, -0.2) is 28.0 Å². The molecule has 0 bridgehead atoms. The number of hydrogen-bond donors (Lipinski definition) is 3. The van der Waals surface area contributed by atoms with Gasteiger partial charge in [-0.3, -0.25) is 4.79 Å². The van der Waals surface area contributed by atoms with E-state index in [1.54, 1.807) is 46.9 Å². The van der Waals surface area contributed by atoms with E-state index in [4.69, 9.17) is 0 Å². The Labute approximate surface area is 196 Å². The van der Waals surface area contributed by atoms with Gasteiger partial charge in [0.1, 0.15) is 11.8 Å². The van der Waals surface area contributed by atoms with Crippen LogP contribution >= 0.6 is 22.7 Å². The molecule has 6 nitrogen and oxygen atoms in total. The van der Waals surface area contributed by atoms with Gasteiger partial charge >= 0.3 is 6.03 Å². The zero-order valence-corrected chi connectivity index (χ0v) is 19.8. The normalized spacial score (nSPS) is 11.7. The van der Waals surface area contributed by atoms with Gasteiger partial charge in [-0.15, -0.1) is 22.7 Å². The Morgan fingerprint density at radius 1 is 1.00 bits per heavy atom. The fraction of sp³-hybridized carbons (Fsp3) is 0.333. The van der Waals surface area contributed by atoms with Crippen LogP contribution in [0.3, 0.4) is 0 Å². The van der Waals surface area contributed by atoms with Crippen molar-refractivity contribution in [1.82, 2.24) is 15.5 Å². The highest BCUT2D eigenvalue weighted by Crippen LogP contribution is 2.19. The van der Waals surface area contributed by atoms with Crippen molar-refractivity contribution < 1.29 is 14.7 Å². The summed E-state index contributed by atoms with van der Waals surface area (Å²) in [5, 5.41) is 19.1. The van der Waals surface area contributed by atoms with E-state index >= 15 is 0 Å². The van der Waals surface area contributed by atoms with Crippen molar-refractivity contribution in [1.29, 1.82) is 0 Å². The Kier molecular flexibility index (Phi) is 9.13. The van der Waals surface area contributed by atoms with Gasteiger partial charge < -0.3 is 20.6 Å². The van der Waals surface area contributed by atoms with Crippen LogP contribution in [0.2, 0.25) is 0 Å². The van der Waals surface area contributed by atoms with Gasteiger partial charge in [-0.05, 0) is 47.0 Å². The van der Waals surface area contributed by atoms with E-state index in [0.717, 1.165) is 28.2 Å². The summed E-state index contributed by atoms with van der Waals surface area (Å²) >= 11 is 3.25. The average Bonchev–Trinajstić information content (AvgIpc) is 3.50. The zero-order valence-electron chi connectivity index (χ0n) is 18.1.